The Morgan fingerprint density at radius 2 is 1.83 bits per heavy atom. The highest BCUT2D eigenvalue weighted by molar-refractivity contribution is 6.04. The molecule has 4 aromatic rings. The molecule has 1 aromatic carbocycles. The maximum Gasteiger partial charge on any atom is 0.416 e. The summed E-state index contributed by atoms with van der Waals surface area (Å²) in [5.74, 6) is -0.684. The molecule has 1 aliphatic carbocycles. The maximum atomic E-state index is 13.1. The third-order valence-corrected chi connectivity index (χ3v) is 9.17. The molecule has 2 aliphatic rings. The van der Waals surface area contributed by atoms with Gasteiger partial charge in [-0.3, -0.25) is 18.9 Å². The SMILES string of the molecule is C[C@H]1CO[C@@H](c2nc(-c3ccc(C(=O)Nc4cc(C(F)(F)F)ccn4)cc3)c3c(N)nccn23)CN1C1CCC(C)(C(=O)O)CC1. The first-order chi connectivity index (χ1) is 21.8. The number of aliphatic carboxylic acids is 1. The number of aromatic nitrogens is 4. The number of morpholine rings is 1. The second-order valence-corrected chi connectivity index (χ2v) is 12.3. The lowest BCUT2D eigenvalue weighted by atomic mass is 9.73. The molecule has 1 aliphatic heterocycles. The van der Waals surface area contributed by atoms with Gasteiger partial charge in [-0.2, -0.15) is 13.2 Å². The van der Waals surface area contributed by atoms with Crippen LogP contribution in [0.3, 0.4) is 0 Å². The van der Waals surface area contributed by atoms with Crippen LogP contribution in [0.5, 0.6) is 0 Å². The number of carboxylic acids is 1. The third kappa shape index (κ3) is 6.01. The van der Waals surface area contributed by atoms with Crippen molar-refractivity contribution in [2.24, 2.45) is 5.41 Å². The van der Waals surface area contributed by atoms with Crippen molar-refractivity contribution in [1.29, 1.82) is 0 Å². The number of carbonyl (C=O) groups is 2. The molecule has 1 saturated carbocycles. The number of nitrogens with two attached hydrogens (primary N) is 1. The first-order valence-electron chi connectivity index (χ1n) is 15.0. The molecule has 2 fully saturated rings. The summed E-state index contributed by atoms with van der Waals surface area (Å²) in [5, 5.41) is 12.1. The van der Waals surface area contributed by atoms with Crippen LogP contribution in [0.2, 0.25) is 0 Å². The first-order valence-corrected chi connectivity index (χ1v) is 15.0. The topological polar surface area (TPSA) is 148 Å². The Kier molecular flexibility index (Phi) is 8.19. The number of hydrogen-bond donors (Lipinski definition) is 3. The van der Waals surface area contributed by atoms with Gasteiger partial charge < -0.3 is 20.9 Å². The Hall–Kier alpha value is -4.56. The summed E-state index contributed by atoms with van der Waals surface area (Å²) in [6.45, 7) is 4.98. The number of ether oxygens (including phenoxy) is 1. The van der Waals surface area contributed by atoms with Gasteiger partial charge in [-0.05, 0) is 63.8 Å². The molecule has 0 spiro atoms. The van der Waals surface area contributed by atoms with Crippen LogP contribution < -0.4 is 11.1 Å². The van der Waals surface area contributed by atoms with E-state index in [1.54, 1.807) is 36.7 Å². The van der Waals surface area contributed by atoms with E-state index in [1.807, 2.05) is 11.3 Å². The Morgan fingerprint density at radius 1 is 1.11 bits per heavy atom. The molecule has 1 amide bonds. The number of nitrogen functional groups attached to an aromatic ring is 1. The molecular formula is C32H34F3N7O4. The lowest BCUT2D eigenvalue weighted by Gasteiger charge is -2.46. The zero-order chi connectivity index (χ0) is 32.8. The fourth-order valence-electron chi connectivity index (χ4n) is 6.38. The molecule has 11 nitrogen and oxygen atoms in total. The van der Waals surface area contributed by atoms with Crippen LogP contribution in [0.4, 0.5) is 24.8 Å². The summed E-state index contributed by atoms with van der Waals surface area (Å²) in [6, 6.07) is 8.45. The number of carbonyl (C=O) groups excluding carboxylic acids is 1. The van der Waals surface area contributed by atoms with E-state index in [0.29, 0.717) is 48.6 Å². The van der Waals surface area contributed by atoms with Crippen molar-refractivity contribution in [2.45, 2.75) is 63.9 Å². The summed E-state index contributed by atoms with van der Waals surface area (Å²) in [4.78, 5) is 40.1. The van der Waals surface area contributed by atoms with Gasteiger partial charge in [0, 0.05) is 48.3 Å². The molecule has 6 rings (SSSR count). The minimum absolute atomic E-state index is 0.151. The molecule has 242 valence electrons. The number of fused-ring (bicyclic) bond motifs is 1. The zero-order valence-corrected chi connectivity index (χ0v) is 25.3. The van der Waals surface area contributed by atoms with Crippen molar-refractivity contribution >= 4 is 29.0 Å². The predicted molar refractivity (Wildman–Crippen MR) is 163 cm³/mol. The van der Waals surface area contributed by atoms with Gasteiger partial charge in [0.15, 0.2) is 0 Å². The van der Waals surface area contributed by atoms with E-state index in [9.17, 15) is 27.9 Å². The lowest BCUT2D eigenvalue weighted by molar-refractivity contribution is -0.151. The number of pyridine rings is 1. The van der Waals surface area contributed by atoms with Crippen molar-refractivity contribution in [1.82, 2.24) is 24.3 Å². The zero-order valence-electron chi connectivity index (χ0n) is 25.3. The molecule has 14 heteroatoms. The molecule has 3 aromatic heterocycles. The quantitative estimate of drug-likeness (QED) is 0.251. The van der Waals surface area contributed by atoms with Crippen LogP contribution in [0.25, 0.3) is 16.8 Å². The number of rotatable bonds is 6. The second-order valence-electron chi connectivity index (χ2n) is 12.3. The van der Waals surface area contributed by atoms with E-state index >= 15 is 0 Å². The Labute approximate surface area is 262 Å². The first kappa shape index (κ1) is 31.4. The summed E-state index contributed by atoms with van der Waals surface area (Å²) in [5.41, 5.74) is 6.70. The van der Waals surface area contributed by atoms with Gasteiger partial charge >= 0.3 is 12.1 Å². The largest absolute Gasteiger partial charge is 0.481 e. The van der Waals surface area contributed by atoms with Gasteiger partial charge in [0.1, 0.15) is 34.8 Å². The van der Waals surface area contributed by atoms with Gasteiger partial charge in [0.25, 0.3) is 5.91 Å². The van der Waals surface area contributed by atoms with E-state index in [-0.39, 0.29) is 29.3 Å². The van der Waals surface area contributed by atoms with E-state index in [4.69, 9.17) is 15.5 Å². The van der Waals surface area contributed by atoms with Crippen molar-refractivity contribution in [3.05, 3.63) is 71.9 Å². The monoisotopic (exact) mass is 637 g/mol. The lowest BCUT2D eigenvalue weighted by Crippen LogP contribution is -2.52. The highest BCUT2D eigenvalue weighted by Gasteiger charge is 2.42. The Bertz CT molecular complexity index is 1770. The summed E-state index contributed by atoms with van der Waals surface area (Å²) >= 11 is 0. The Morgan fingerprint density at radius 3 is 2.50 bits per heavy atom. The molecular weight excluding hydrogens is 603 g/mol. The summed E-state index contributed by atoms with van der Waals surface area (Å²) < 4.78 is 47.4. The van der Waals surface area contributed by atoms with Crippen molar-refractivity contribution < 1.29 is 32.6 Å². The van der Waals surface area contributed by atoms with Gasteiger partial charge in [-0.1, -0.05) is 12.1 Å². The van der Waals surface area contributed by atoms with Crippen molar-refractivity contribution in [3.8, 4) is 11.3 Å². The predicted octanol–water partition coefficient (Wildman–Crippen LogP) is 5.44. The molecule has 46 heavy (non-hydrogen) atoms. The number of amides is 1. The van der Waals surface area contributed by atoms with Crippen LogP contribution >= 0.6 is 0 Å². The number of alkyl halides is 3. The second kappa shape index (κ2) is 12.0. The number of carboxylic acid groups (broad SMARTS) is 1. The molecule has 1 saturated heterocycles. The van der Waals surface area contributed by atoms with Gasteiger partial charge in [0.05, 0.1) is 17.6 Å². The van der Waals surface area contributed by atoms with Crippen molar-refractivity contribution in [3.63, 3.8) is 0 Å². The molecule has 0 unspecified atom stereocenters. The fraction of sp³-hybridized carbons (Fsp3) is 0.406. The number of imidazole rings is 1. The average molecular weight is 638 g/mol. The van der Waals surface area contributed by atoms with Crippen LogP contribution in [-0.4, -0.2) is 66.5 Å². The van der Waals surface area contributed by atoms with Crippen LogP contribution in [0, 0.1) is 5.41 Å². The smallest absolute Gasteiger partial charge is 0.416 e. The number of hydrogen-bond acceptors (Lipinski definition) is 8. The van der Waals surface area contributed by atoms with Crippen LogP contribution in [0.1, 0.15) is 67.4 Å². The normalized spacial score (nSPS) is 24.2. The molecule has 4 N–H and O–H groups in total. The minimum atomic E-state index is -4.56. The van der Waals surface area contributed by atoms with Crippen LogP contribution in [0.15, 0.2) is 55.0 Å². The van der Waals surface area contributed by atoms with Gasteiger partial charge in [-0.15, -0.1) is 0 Å². The number of benzene rings is 1. The van der Waals surface area contributed by atoms with E-state index in [0.717, 1.165) is 31.2 Å². The number of halogens is 3. The van der Waals surface area contributed by atoms with E-state index in [1.165, 1.54) is 0 Å². The summed E-state index contributed by atoms with van der Waals surface area (Å²) in [7, 11) is 0. The highest BCUT2D eigenvalue weighted by atomic mass is 19.4. The van der Waals surface area contributed by atoms with Gasteiger partial charge in [0.2, 0.25) is 0 Å². The van der Waals surface area contributed by atoms with Crippen molar-refractivity contribution in [2.75, 3.05) is 24.2 Å². The van der Waals surface area contributed by atoms with E-state index < -0.39 is 35.1 Å². The maximum absolute atomic E-state index is 13.1. The van der Waals surface area contributed by atoms with Crippen LogP contribution in [-0.2, 0) is 15.7 Å². The number of nitrogens with one attached hydrogen (secondary N) is 1. The molecule has 4 heterocycles. The fourth-order valence-corrected chi connectivity index (χ4v) is 6.38. The third-order valence-electron chi connectivity index (χ3n) is 9.17. The average Bonchev–Trinajstić information content (AvgIpc) is 3.42. The Balaban J connectivity index is 1.24. The molecule has 0 bridgehead atoms. The standard InChI is InChI=1S/C32H34F3N7O4/c1-18-17-46-23(16-42(18)22-7-10-31(2,11-8-22)30(44)45)28-40-25(26-27(36)38-13-14-41(26)28)19-3-5-20(6-4-19)29(43)39-24-15-21(9-12-37-24)32(33,34)35/h3-6,9,12-15,18,22-23H,7-8,10-11,16-17H2,1-2H3,(H2,36,38)(H,44,45)(H,37,39,43)/t18-,22?,23+,31?/m0/s1. The molecule has 0 radical (unpaired) electrons. The molecule has 2 atom stereocenters. The number of nitrogens with zero attached hydrogens (tertiary/aromatic N) is 5. The number of anilines is 2. The summed E-state index contributed by atoms with van der Waals surface area (Å²) in [6.07, 6.45) is 2.19. The highest BCUT2D eigenvalue weighted by Crippen LogP contribution is 2.40. The van der Waals surface area contributed by atoms with E-state index in [2.05, 4.69) is 27.1 Å². The van der Waals surface area contributed by atoms with Gasteiger partial charge in [-0.25, -0.2) is 15.0 Å². The minimum Gasteiger partial charge on any atom is -0.481 e.